The SMILES string of the molecule is CC(N)CCNC(=O)Nc1ccc(C#N)cc1. The van der Waals surface area contributed by atoms with Crippen molar-refractivity contribution in [2.45, 2.75) is 19.4 Å². The second kappa shape index (κ2) is 6.51. The Kier molecular flexibility index (Phi) is 4.98. The van der Waals surface area contributed by atoms with Crippen LogP contribution in [-0.4, -0.2) is 18.6 Å². The predicted molar refractivity (Wildman–Crippen MR) is 66.4 cm³/mol. The Morgan fingerprint density at radius 3 is 2.65 bits per heavy atom. The van der Waals surface area contributed by atoms with Gasteiger partial charge >= 0.3 is 6.03 Å². The quantitative estimate of drug-likeness (QED) is 0.733. The molecule has 0 aliphatic rings. The van der Waals surface area contributed by atoms with Gasteiger partial charge in [0.25, 0.3) is 0 Å². The van der Waals surface area contributed by atoms with E-state index >= 15 is 0 Å². The molecule has 5 nitrogen and oxygen atoms in total. The fourth-order valence-corrected chi connectivity index (χ4v) is 1.22. The van der Waals surface area contributed by atoms with Crippen LogP contribution in [-0.2, 0) is 0 Å². The second-order valence-electron chi connectivity index (χ2n) is 3.84. The molecule has 1 rings (SSSR count). The van der Waals surface area contributed by atoms with Crippen LogP contribution in [0.3, 0.4) is 0 Å². The molecule has 90 valence electrons. The monoisotopic (exact) mass is 232 g/mol. The minimum Gasteiger partial charge on any atom is -0.338 e. The third-order valence-corrected chi connectivity index (χ3v) is 2.16. The number of benzene rings is 1. The van der Waals surface area contributed by atoms with Crippen LogP contribution < -0.4 is 16.4 Å². The number of nitrogens with two attached hydrogens (primary N) is 1. The Balaban J connectivity index is 2.37. The molecular formula is C12H16N4O. The lowest BCUT2D eigenvalue weighted by Crippen LogP contribution is -2.32. The van der Waals surface area contributed by atoms with E-state index in [0.29, 0.717) is 17.8 Å². The van der Waals surface area contributed by atoms with Crippen LogP contribution in [0.5, 0.6) is 0 Å². The molecule has 1 aromatic rings. The highest BCUT2D eigenvalue weighted by Gasteiger charge is 2.01. The number of hydrogen-bond acceptors (Lipinski definition) is 3. The van der Waals surface area contributed by atoms with Crippen LogP contribution in [0.4, 0.5) is 10.5 Å². The fraction of sp³-hybridized carbons (Fsp3) is 0.333. The van der Waals surface area contributed by atoms with Gasteiger partial charge in [-0.2, -0.15) is 5.26 Å². The van der Waals surface area contributed by atoms with Gasteiger partial charge in [-0.05, 0) is 37.6 Å². The number of nitrogens with zero attached hydrogens (tertiary/aromatic N) is 1. The Morgan fingerprint density at radius 1 is 1.47 bits per heavy atom. The molecule has 0 radical (unpaired) electrons. The highest BCUT2D eigenvalue weighted by molar-refractivity contribution is 5.89. The smallest absolute Gasteiger partial charge is 0.319 e. The van der Waals surface area contributed by atoms with Gasteiger partial charge in [0, 0.05) is 18.3 Å². The summed E-state index contributed by atoms with van der Waals surface area (Å²) < 4.78 is 0. The number of nitrogens with one attached hydrogen (secondary N) is 2. The van der Waals surface area contributed by atoms with E-state index in [1.807, 2.05) is 13.0 Å². The van der Waals surface area contributed by atoms with Crippen LogP contribution in [0.25, 0.3) is 0 Å². The van der Waals surface area contributed by atoms with Crippen LogP contribution >= 0.6 is 0 Å². The Labute approximate surface area is 101 Å². The zero-order valence-corrected chi connectivity index (χ0v) is 9.73. The molecule has 0 bridgehead atoms. The van der Waals surface area contributed by atoms with E-state index in [1.54, 1.807) is 24.3 Å². The summed E-state index contributed by atoms with van der Waals surface area (Å²) in [5.74, 6) is 0. The van der Waals surface area contributed by atoms with E-state index in [9.17, 15) is 4.79 Å². The van der Waals surface area contributed by atoms with Crippen molar-refractivity contribution in [1.29, 1.82) is 5.26 Å². The molecule has 1 aromatic carbocycles. The highest BCUT2D eigenvalue weighted by atomic mass is 16.2. The zero-order chi connectivity index (χ0) is 12.7. The van der Waals surface area contributed by atoms with Gasteiger partial charge in [0.1, 0.15) is 0 Å². The van der Waals surface area contributed by atoms with Crippen molar-refractivity contribution in [2.24, 2.45) is 5.73 Å². The van der Waals surface area contributed by atoms with Gasteiger partial charge in [-0.1, -0.05) is 0 Å². The summed E-state index contributed by atoms with van der Waals surface area (Å²) in [6, 6.07) is 8.49. The number of amides is 2. The van der Waals surface area contributed by atoms with E-state index in [0.717, 1.165) is 6.42 Å². The van der Waals surface area contributed by atoms with E-state index < -0.39 is 0 Å². The van der Waals surface area contributed by atoms with Crippen molar-refractivity contribution >= 4 is 11.7 Å². The zero-order valence-electron chi connectivity index (χ0n) is 9.73. The Hall–Kier alpha value is -2.06. The number of carbonyl (C=O) groups is 1. The summed E-state index contributed by atoms with van der Waals surface area (Å²) in [4.78, 5) is 11.4. The molecule has 2 amide bonds. The van der Waals surface area contributed by atoms with Gasteiger partial charge in [0.15, 0.2) is 0 Å². The first-order valence-electron chi connectivity index (χ1n) is 5.42. The van der Waals surface area contributed by atoms with Crippen LogP contribution in [0.1, 0.15) is 18.9 Å². The molecule has 5 heteroatoms. The molecule has 0 fully saturated rings. The molecule has 0 aromatic heterocycles. The lowest BCUT2D eigenvalue weighted by Gasteiger charge is -2.08. The minimum atomic E-state index is -0.268. The van der Waals surface area contributed by atoms with Gasteiger partial charge in [0.2, 0.25) is 0 Å². The summed E-state index contributed by atoms with van der Waals surface area (Å²) in [6.07, 6.45) is 0.737. The topological polar surface area (TPSA) is 90.9 Å². The molecule has 4 N–H and O–H groups in total. The van der Waals surface area contributed by atoms with Gasteiger partial charge < -0.3 is 16.4 Å². The lowest BCUT2D eigenvalue weighted by molar-refractivity contribution is 0.252. The van der Waals surface area contributed by atoms with E-state index in [-0.39, 0.29) is 12.1 Å². The molecule has 0 aliphatic carbocycles. The van der Waals surface area contributed by atoms with E-state index in [2.05, 4.69) is 10.6 Å². The van der Waals surface area contributed by atoms with Crippen molar-refractivity contribution in [3.8, 4) is 6.07 Å². The van der Waals surface area contributed by atoms with Crippen LogP contribution in [0.15, 0.2) is 24.3 Å². The summed E-state index contributed by atoms with van der Waals surface area (Å²) >= 11 is 0. The lowest BCUT2D eigenvalue weighted by atomic mass is 10.2. The number of urea groups is 1. The third kappa shape index (κ3) is 5.00. The average molecular weight is 232 g/mol. The largest absolute Gasteiger partial charge is 0.338 e. The average Bonchev–Trinajstić information content (AvgIpc) is 2.29. The Morgan fingerprint density at radius 2 is 2.12 bits per heavy atom. The first kappa shape index (κ1) is 13.0. The summed E-state index contributed by atoms with van der Waals surface area (Å²) in [7, 11) is 0. The van der Waals surface area contributed by atoms with Crippen LogP contribution in [0, 0.1) is 11.3 Å². The van der Waals surface area contributed by atoms with Crippen molar-refractivity contribution in [1.82, 2.24) is 5.32 Å². The third-order valence-electron chi connectivity index (χ3n) is 2.16. The summed E-state index contributed by atoms with van der Waals surface area (Å²) in [6.45, 7) is 2.43. The maximum absolute atomic E-state index is 11.4. The molecule has 0 spiro atoms. The molecule has 0 heterocycles. The van der Waals surface area contributed by atoms with Gasteiger partial charge in [-0.15, -0.1) is 0 Å². The van der Waals surface area contributed by atoms with Crippen LogP contribution in [0.2, 0.25) is 0 Å². The number of hydrogen-bond donors (Lipinski definition) is 3. The van der Waals surface area contributed by atoms with Crippen molar-refractivity contribution in [2.75, 3.05) is 11.9 Å². The highest BCUT2D eigenvalue weighted by Crippen LogP contribution is 2.08. The number of nitriles is 1. The van der Waals surface area contributed by atoms with E-state index in [1.165, 1.54) is 0 Å². The van der Waals surface area contributed by atoms with Gasteiger partial charge in [-0.3, -0.25) is 0 Å². The molecule has 0 aliphatic heterocycles. The van der Waals surface area contributed by atoms with Gasteiger partial charge in [0.05, 0.1) is 11.6 Å². The predicted octanol–water partition coefficient (Wildman–Crippen LogP) is 1.42. The second-order valence-corrected chi connectivity index (χ2v) is 3.84. The number of anilines is 1. The maximum Gasteiger partial charge on any atom is 0.319 e. The minimum absolute atomic E-state index is 0.0743. The van der Waals surface area contributed by atoms with Gasteiger partial charge in [-0.25, -0.2) is 4.79 Å². The summed E-state index contributed by atoms with van der Waals surface area (Å²) in [5, 5.41) is 14.0. The van der Waals surface area contributed by atoms with Crippen molar-refractivity contribution in [3.63, 3.8) is 0 Å². The maximum atomic E-state index is 11.4. The molecule has 0 saturated carbocycles. The van der Waals surface area contributed by atoms with E-state index in [4.69, 9.17) is 11.0 Å². The molecule has 0 saturated heterocycles. The van der Waals surface area contributed by atoms with Crippen molar-refractivity contribution < 1.29 is 4.79 Å². The molecule has 17 heavy (non-hydrogen) atoms. The normalized spacial score (nSPS) is 11.4. The molecule has 1 atom stereocenters. The molecule has 1 unspecified atom stereocenters. The first-order chi connectivity index (χ1) is 8.11. The molecular weight excluding hydrogens is 216 g/mol. The summed E-state index contributed by atoms with van der Waals surface area (Å²) in [5.41, 5.74) is 6.78. The number of carbonyl (C=O) groups excluding carboxylic acids is 1. The van der Waals surface area contributed by atoms with Crippen molar-refractivity contribution in [3.05, 3.63) is 29.8 Å². The number of rotatable bonds is 4. The Bertz CT molecular complexity index is 406. The fourth-order valence-electron chi connectivity index (χ4n) is 1.22. The standard InChI is InChI=1S/C12H16N4O/c1-9(14)6-7-15-12(17)16-11-4-2-10(8-13)3-5-11/h2-5,9H,6-7,14H2,1H3,(H2,15,16,17). The first-order valence-corrected chi connectivity index (χ1v) is 5.42.